The summed E-state index contributed by atoms with van der Waals surface area (Å²) in [6.07, 6.45) is 7.26. The predicted molar refractivity (Wildman–Crippen MR) is 91.7 cm³/mol. The highest BCUT2D eigenvalue weighted by Gasteiger charge is 2.40. The Hall–Kier alpha value is -2.35. The van der Waals surface area contributed by atoms with Gasteiger partial charge in [0.1, 0.15) is 0 Å². The first kappa shape index (κ1) is 16.1. The van der Waals surface area contributed by atoms with E-state index in [-0.39, 0.29) is 17.9 Å². The number of aromatic nitrogens is 3. The molecule has 2 aliphatic heterocycles. The van der Waals surface area contributed by atoms with Crippen LogP contribution in [0.25, 0.3) is 0 Å². The monoisotopic (exact) mass is 357 g/mol. The molecule has 0 spiro atoms. The van der Waals surface area contributed by atoms with Gasteiger partial charge in [-0.25, -0.2) is 0 Å². The van der Waals surface area contributed by atoms with E-state index in [1.165, 1.54) is 6.20 Å². The van der Waals surface area contributed by atoms with Crippen molar-refractivity contribution < 1.29 is 9.59 Å². The van der Waals surface area contributed by atoms with Gasteiger partial charge in [0.05, 0.1) is 17.9 Å². The fourth-order valence-electron chi connectivity index (χ4n) is 3.85. The van der Waals surface area contributed by atoms with Gasteiger partial charge in [-0.15, -0.1) is 0 Å². The predicted octanol–water partition coefficient (Wildman–Crippen LogP) is 1.59. The van der Waals surface area contributed by atoms with E-state index in [9.17, 15) is 9.59 Å². The van der Waals surface area contributed by atoms with Crippen LogP contribution in [0, 0.1) is 5.92 Å². The lowest BCUT2D eigenvalue weighted by atomic mass is 9.83. The summed E-state index contributed by atoms with van der Waals surface area (Å²) in [7, 11) is 0. The number of hydrogen-bond acceptors (Lipinski definition) is 6. The van der Waals surface area contributed by atoms with Gasteiger partial charge >= 0.3 is 0 Å². The smallest absolute Gasteiger partial charge is 0.275 e. The van der Waals surface area contributed by atoms with E-state index in [0.717, 1.165) is 30.1 Å². The number of fused-ring (bicyclic) bond motifs is 1. The zero-order chi connectivity index (χ0) is 17.2. The first-order valence-electron chi connectivity index (χ1n) is 8.47. The van der Waals surface area contributed by atoms with Crippen molar-refractivity contribution in [2.45, 2.75) is 31.8 Å². The maximum atomic E-state index is 12.5. The van der Waals surface area contributed by atoms with Gasteiger partial charge in [0, 0.05) is 44.5 Å². The van der Waals surface area contributed by atoms with Gasteiger partial charge in [0.2, 0.25) is 5.91 Å². The van der Waals surface area contributed by atoms with E-state index < -0.39 is 0 Å². The molecule has 4 rings (SSSR count). The second-order valence-corrected chi connectivity index (χ2v) is 7.14. The molecular weight excluding hydrogens is 338 g/mol. The fourth-order valence-corrected chi connectivity index (χ4v) is 4.26. The Morgan fingerprint density at radius 1 is 1.32 bits per heavy atom. The van der Waals surface area contributed by atoms with Crippen LogP contribution in [-0.4, -0.2) is 54.5 Å². The molecule has 130 valence electrons. The number of amides is 2. The molecule has 2 aromatic rings. The molecule has 0 N–H and O–H groups in total. The molecule has 0 bridgehead atoms. The fraction of sp³-hybridized carbons (Fsp3) is 0.471. The van der Waals surface area contributed by atoms with Gasteiger partial charge in [-0.2, -0.15) is 8.75 Å². The SMILES string of the molecule is O=C(c1cnsn1)N1CC[C@H]2[C@H](CCC(=O)N2Cc2cccnc2)C1. The van der Waals surface area contributed by atoms with Crippen molar-refractivity contribution >= 4 is 23.5 Å². The number of rotatable bonds is 3. The van der Waals surface area contributed by atoms with Crippen molar-refractivity contribution in [1.82, 2.24) is 23.5 Å². The third-order valence-electron chi connectivity index (χ3n) is 5.09. The first-order valence-corrected chi connectivity index (χ1v) is 9.20. The summed E-state index contributed by atoms with van der Waals surface area (Å²) in [5, 5.41) is 0. The Kier molecular flexibility index (Phi) is 4.44. The van der Waals surface area contributed by atoms with Crippen LogP contribution in [-0.2, 0) is 11.3 Å². The molecule has 8 heteroatoms. The summed E-state index contributed by atoms with van der Waals surface area (Å²) in [5.41, 5.74) is 1.46. The van der Waals surface area contributed by atoms with Crippen LogP contribution < -0.4 is 0 Å². The van der Waals surface area contributed by atoms with Crippen LogP contribution in [0.5, 0.6) is 0 Å². The Labute approximate surface area is 150 Å². The molecule has 0 unspecified atom stereocenters. The van der Waals surface area contributed by atoms with Crippen molar-refractivity contribution in [2.75, 3.05) is 13.1 Å². The summed E-state index contributed by atoms with van der Waals surface area (Å²) < 4.78 is 7.96. The normalized spacial score (nSPS) is 23.4. The minimum Gasteiger partial charge on any atom is -0.337 e. The lowest BCUT2D eigenvalue weighted by molar-refractivity contribution is -0.141. The molecule has 7 nitrogen and oxygen atoms in total. The molecule has 2 amide bonds. The van der Waals surface area contributed by atoms with Gasteiger partial charge in [-0.1, -0.05) is 6.07 Å². The van der Waals surface area contributed by atoms with Crippen LogP contribution in [0.15, 0.2) is 30.7 Å². The Balaban J connectivity index is 1.47. The van der Waals surface area contributed by atoms with E-state index in [4.69, 9.17) is 0 Å². The van der Waals surface area contributed by atoms with E-state index in [2.05, 4.69) is 13.7 Å². The summed E-state index contributed by atoms with van der Waals surface area (Å²) >= 11 is 1.05. The molecule has 2 atom stereocenters. The molecule has 0 saturated carbocycles. The summed E-state index contributed by atoms with van der Waals surface area (Å²) in [6.45, 7) is 1.92. The maximum absolute atomic E-state index is 12.5. The highest BCUT2D eigenvalue weighted by Crippen LogP contribution is 2.32. The Morgan fingerprint density at radius 3 is 3.00 bits per heavy atom. The van der Waals surface area contributed by atoms with Gasteiger partial charge in [-0.05, 0) is 30.4 Å². The van der Waals surface area contributed by atoms with Crippen LogP contribution in [0.4, 0.5) is 0 Å². The molecule has 0 aromatic carbocycles. The number of likely N-dealkylation sites (tertiary alicyclic amines) is 2. The van der Waals surface area contributed by atoms with Crippen molar-refractivity contribution in [3.8, 4) is 0 Å². The topological polar surface area (TPSA) is 79.3 Å². The molecule has 0 radical (unpaired) electrons. The van der Waals surface area contributed by atoms with E-state index in [1.54, 1.807) is 6.20 Å². The largest absolute Gasteiger partial charge is 0.337 e. The van der Waals surface area contributed by atoms with Crippen LogP contribution >= 0.6 is 11.7 Å². The molecule has 25 heavy (non-hydrogen) atoms. The van der Waals surface area contributed by atoms with Gasteiger partial charge < -0.3 is 9.80 Å². The lowest BCUT2D eigenvalue weighted by Crippen LogP contribution is -2.56. The lowest BCUT2D eigenvalue weighted by Gasteiger charge is -2.47. The van der Waals surface area contributed by atoms with Crippen molar-refractivity contribution in [3.05, 3.63) is 42.0 Å². The summed E-state index contributed by atoms with van der Waals surface area (Å²) in [6, 6.07) is 4.08. The van der Waals surface area contributed by atoms with Gasteiger partial charge in [0.15, 0.2) is 5.69 Å². The van der Waals surface area contributed by atoms with E-state index in [0.29, 0.717) is 37.7 Å². The van der Waals surface area contributed by atoms with Gasteiger partial charge in [-0.3, -0.25) is 14.6 Å². The van der Waals surface area contributed by atoms with Crippen molar-refractivity contribution in [2.24, 2.45) is 5.92 Å². The Bertz CT molecular complexity index is 752. The number of nitrogens with zero attached hydrogens (tertiary/aromatic N) is 5. The molecule has 2 aliphatic rings. The van der Waals surface area contributed by atoms with Crippen LogP contribution in [0.2, 0.25) is 0 Å². The van der Waals surface area contributed by atoms with Gasteiger partial charge in [0.25, 0.3) is 5.91 Å². The highest BCUT2D eigenvalue weighted by atomic mass is 32.1. The zero-order valence-corrected chi connectivity index (χ0v) is 14.6. The Morgan fingerprint density at radius 2 is 2.24 bits per heavy atom. The standard InChI is InChI=1S/C17H19N5O2S/c23-16-4-3-13-11-21(17(24)14-9-19-25-20-14)7-5-15(13)22(16)10-12-2-1-6-18-8-12/h1-2,6,8-9,13,15H,3-5,7,10-11H2/t13-,15+/m1/s1. The molecule has 2 aromatic heterocycles. The average molecular weight is 357 g/mol. The molecule has 2 fully saturated rings. The number of piperidine rings is 2. The quantitative estimate of drug-likeness (QED) is 0.833. The molecule has 4 heterocycles. The average Bonchev–Trinajstić information content (AvgIpc) is 3.19. The van der Waals surface area contributed by atoms with E-state index in [1.807, 2.05) is 28.1 Å². The van der Waals surface area contributed by atoms with Crippen molar-refractivity contribution in [1.29, 1.82) is 0 Å². The number of carbonyl (C=O) groups excluding carboxylic acids is 2. The minimum atomic E-state index is -0.0529. The molecule has 2 saturated heterocycles. The maximum Gasteiger partial charge on any atom is 0.275 e. The first-order chi connectivity index (χ1) is 12.2. The third kappa shape index (κ3) is 3.26. The van der Waals surface area contributed by atoms with Crippen molar-refractivity contribution in [3.63, 3.8) is 0 Å². The number of hydrogen-bond donors (Lipinski definition) is 0. The molecular formula is C17H19N5O2S. The molecule has 0 aliphatic carbocycles. The second-order valence-electron chi connectivity index (χ2n) is 6.58. The summed E-state index contributed by atoms with van der Waals surface area (Å²) in [4.78, 5) is 33.0. The van der Waals surface area contributed by atoms with E-state index >= 15 is 0 Å². The zero-order valence-electron chi connectivity index (χ0n) is 13.7. The minimum absolute atomic E-state index is 0.0529. The highest BCUT2D eigenvalue weighted by molar-refractivity contribution is 6.99. The second kappa shape index (κ2) is 6.87. The van der Waals surface area contributed by atoms with Crippen LogP contribution in [0.3, 0.4) is 0 Å². The van der Waals surface area contributed by atoms with Crippen LogP contribution in [0.1, 0.15) is 35.3 Å². The summed E-state index contributed by atoms with van der Waals surface area (Å²) in [5.74, 6) is 0.468. The third-order valence-corrected chi connectivity index (χ3v) is 5.56. The number of pyridine rings is 1. The number of carbonyl (C=O) groups is 2.